The average molecular weight is 406 g/mol. The maximum absolute atomic E-state index is 4.60. The third-order valence-corrected chi connectivity index (χ3v) is 4.98. The summed E-state index contributed by atoms with van der Waals surface area (Å²) in [6.45, 7) is 7.76. The van der Waals surface area contributed by atoms with Crippen LogP contribution in [0.15, 0.2) is 32.1 Å². The number of rotatable bonds is 2. The quantitative estimate of drug-likeness (QED) is 0.699. The summed E-state index contributed by atoms with van der Waals surface area (Å²) in [6.07, 6.45) is 1.19. The Hall–Kier alpha value is -0.000000000000000111. The lowest BCUT2D eigenvalue weighted by Gasteiger charge is -2.21. The van der Waals surface area contributed by atoms with Gasteiger partial charge in [0.15, 0.2) is 5.17 Å². The van der Waals surface area contributed by atoms with E-state index in [1.165, 1.54) is 6.42 Å². The van der Waals surface area contributed by atoms with Gasteiger partial charge in [-0.15, -0.1) is 0 Å². The van der Waals surface area contributed by atoms with Crippen molar-refractivity contribution >= 4 is 54.5 Å². The lowest BCUT2D eigenvalue weighted by atomic mass is 9.90. The first-order valence-corrected chi connectivity index (χ1v) is 8.73. The number of benzene rings is 1. The number of anilines is 1. The van der Waals surface area contributed by atoms with Gasteiger partial charge < -0.3 is 5.32 Å². The van der Waals surface area contributed by atoms with Crippen LogP contribution < -0.4 is 5.32 Å². The lowest BCUT2D eigenvalue weighted by Crippen LogP contribution is -2.16. The van der Waals surface area contributed by atoms with Crippen LogP contribution in [0.2, 0.25) is 0 Å². The molecule has 1 aromatic carbocycles. The van der Waals surface area contributed by atoms with E-state index >= 15 is 0 Å². The second-order valence-corrected chi connectivity index (χ2v) is 8.96. The van der Waals surface area contributed by atoms with Crippen LogP contribution in [0.25, 0.3) is 0 Å². The van der Waals surface area contributed by atoms with Gasteiger partial charge >= 0.3 is 0 Å². The van der Waals surface area contributed by atoms with Crippen LogP contribution in [0.3, 0.4) is 0 Å². The molecule has 104 valence electrons. The molecule has 5 heteroatoms. The SMILES string of the molecule is CC(C)(C)CC1CN=C(Nc2ccc(Br)cc2Br)S1. The lowest BCUT2D eigenvalue weighted by molar-refractivity contribution is 0.375. The molecule has 0 bridgehead atoms. The van der Waals surface area contributed by atoms with Gasteiger partial charge in [0, 0.05) is 14.2 Å². The van der Waals surface area contributed by atoms with Crippen molar-refractivity contribution in [3.05, 3.63) is 27.1 Å². The largest absolute Gasteiger partial charge is 0.334 e. The summed E-state index contributed by atoms with van der Waals surface area (Å²) in [7, 11) is 0. The van der Waals surface area contributed by atoms with Crippen LogP contribution in [-0.2, 0) is 0 Å². The number of halogens is 2. The minimum atomic E-state index is 0.362. The number of aliphatic imine (C=N–C) groups is 1. The molecule has 2 rings (SSSR count). The summed E-state index contributed by atoms with van der Waals surface area (Å²) in [5.74, 6) is 0. The molecular weight excluding hydrogens is 388 g/mol. The summed E-state index contributed by atoms with van der Waals surface area (Å²) < 4.78 is 2.11. The van der Waals surface area contributed by atoms with Gasteiger partial charge in [-0.3, -0.25) is 4.99 Å². The highest BCUT2D eigenvalue weighted by Crippen LogP contribution is 2.34. The summed E-state index contributed by atoms with van der Waals surface area (Å²) in [5.41, 5.74) is 1.42. The molecule has 0 saturated heterocycles. The number of hydrogen-bond acceptors (Lipinski definition) is 3. The highest BCUT2D eigenvalue weighted by Gasteiger charge is 2.25. The van der Waals surface area contributed by atoms with Crippen LogP contribution in [0, 0.1) is 5.41 Å². The Labute approximate surface area is 136 Å². The van der Waals surface area contributed by atoms with Crippen molar-refractivity contribution in [2.45, 2.75) is 32.4 Å². The van der Waals surface area contributed by atoms with Gasteiger partial charge in [0.05, 0.1) is 12.2 Å². The number of nitrogens with zero attached hydrogens (tertiary/aromatic N) is 1. The highest BCUT2D eigenvalue weighted by atomic mass is 79.9. The second-order valence-electron chi connectivity index (χ2n) is 5.90. The molecule has 0 saturated carbocycles. The minimum absolute atomic E-state index is 0.362. The van der Waals surface area contributed by atoms with Gasteiger partial charge in [-0.25, -0.2) is 0 Å². The van der Waals surface area contributed by atoms with E-state index in [-0.39, 0.29) is 0 Å². The van der Waals surface area contributed by atoms with E-state index in [9.17, 15) is 0 Å². The number of hydrogen-bond donors (Lipinski definition) is 1. The Bertz CT molecular complexity index is 495. The molecule has 0 spiro atoms. The number of thioether (sulfide) groups is 1. The fourth-order valence-electron chi connectivity index (χ4n) is 1.98. The fourth-order valence-corrected chi connectivity index (χ4v) is 4.49. The summed E-state index contributed by atoms with van der Waals surface area (Å²) in [4.78, 5) is 4.60. The molecule has 0 amide bonds. The van der Waals surface area contributed by atoms with Gasteiger partial charge in [-0.05, 0) is 46.0 Å². The standard InChI is InChI=1S/C14H18Br2N2S/c1-14(2,3)7-10-8-17-13(19-10)18-12-5-4-9(15)6-11(12)16/h4-6,10H,7-8H2,1-3H3,(H,17,18). The van der Waals surface area contributed by atoms with Crippen LogP contribution in [0.4, 0.5) is 5.69 Å². The monoisotopic (exact) mass is 404 g/mol. The van der Waals surface area contributed by atoms with Crippen LogP contribution in [-0.4, -0.2) is 17.0 Å². The number of amidine groups is 1. The molecule has 1 atom stereocenters. The Balaban J connectivity index is 1.95. The topological polar surface area (TPSA) is 24.4 Å². The molecule has 0 aromatic heterocycles. The molecule has 0 fully saturated rings. The molecule has 2 nitrogen and oxygen atoms in total. The van der Waals surface area contributed by atoms with E-state index in [0.717, 1.165) is 26.3 Å². The highest BCUT2D eigenvalue weighted by molar-refractivity contribution is 9.11. The minimum Gasteiger partial charge on any atom is -0.334 e. The molecule has 1 N–H and O–H groups in total. The molecule has 1 aliphatic rings. The van der Waals surface area contributed by atoms with Gasteiger partial charge in [0.25, 0.3) is 0 Å². The van der Waals surface area contributed by atoms with Gasteiger partial charge in [0.2, 0.25) is 0 Å². The van der Waals surface area contributed by atoms with Crippen LogP contribution in [0.5, 0.6) is 0 Å². The van der Waals surface area contributed by atoms with E-state index in [2.05, 4.69) is 62.9 Å². The van der Waals surface area contributed by atoms with Crippen molar-refractivity contribution in [2.75, 3.05) is 11.9 Å². The molecule has 1 aromatic rings. The van der Waals surface area contributed by atoms with E-state index < -0.39 is 0 Å². The third-order valence-electron chi connectivity index (χ3n) is 2.73. The van der Waals surface area contributed by atoms with E-state index in [1.807, 2.05) is 30.0 Å². The maximum atomic E-state index is 4.60. The van der Waals surface area contributed by atoms with Gasteiger partial charge in [-0.2, -0.15) is 0 Å². The van der Waals surface area contributed by atoms with E-state index in [1.54, 1.807) is 0 Å². The predicted octanol–water partition coefficient (Wildman–Crippen LogP) is 5.53. The molecule has 1 aliphatic heterocycles. The second kappa shape index (κ2) is 6.19. The van der Waals surface area contributed by atoms with Gasteiger partial charge in [0.1, 0.15) is 0 Å². The normalized spacial score (nSPS) is 19.4. The molecule has 1 unspecified atom stereocenters. The van der Waals surface area contributed by atoms with Crippen molar-refractivity contribution in [3.8, 4) is 0 Å². The average Bonchev–Trinajstić information content (AvgIpc) is 2.67. The zero-order valence-corrected chi connectivity index (χ0v) is 15.3. The van der Waals surface area contributed by atoms with Crippen LogP contribution >= 0.6 is 43.6 Å². The summed E-state index contributed by atoms with van der Waals surface area (Å²) in [5, 5.41) is 5.02. The summed E-state index contributed by atoms with van der Waals surface area (Å²) >= 11 is 8.87. The Morgan fingerprint density at radius 3 is 2.74 bits per heavy atom. The summed E-state index contributed by atoms with van der Waals surface area (Å²) in [6, 6.07) is 6.11. The Morgan fingerprint density at radius 1 is 1.37 bits per heavy atom. The molecule has 0 radical (unpaired) electrons. The van der Waals surface area contributed by atoms with Crippen molar-refractivity contribution < 1.29 is 0 Å². The van der Waals surface area contributed by atoms with Gasteiger partial charge in [-0.1, -0.05) is 48.5 Å². The zero-order valence-electron chi connectivity index (χ0n) is 11.3. The zero-order chi connectivity index (χ0) is 14.0. The molecule has 1 heterocycles. The van der Waals surface area contributed by atoms with Crippen molar-refractivity contribution in [1.29, 1.82) is 0 Å². The maximum Gasteiger partial charge on any atom is 0.161 e. The van der Waals surface area contributed by atoms with Crippen molar-refractivity contribution in [3.63, 3.8) is 0 Å². The Kier molecular flexibility index (Phi) is 5.01. The third kappa shape index (κ3) is 4.80. The first-order valence-electron chi connectivity index (χ1n) is 6.27. The predicted molar refractivity (Wildman–Crippen MR) is 93.2 cm³/mol. The Morgan fingerprint density at radius 2 is 2.11 bits per heavy atom. The molecular formula is C14H18Br2N2S. The molecule has 19 heavy (non-hydrogen) atoms. The molecule has 0 aliphatic carbocycles. The first kappa shape index (κ1) is 15.4. The van der Waals surface area contributed by atoms with Crippen molar-refractivity contribution in [2.24, 2.45) is 10.4 Å². The van der Waals surface area contributed by atoms with E-state index in [0.29, 0.717) is 10.7 Å². The fraction of sp³-hybridized carbons (Fsp3) is 0.500. The number of nitrogens with one attached hydrogen (secondary N) is 1. The van der Waals surface area contributed by atoms with E-state index in [4.69, 9.17) is 0 Å². The first-order chi connectivity index (χ1) is 8.83. The smallest absolute Gasteiger partial charge is 0.161 e. The van der Waals surface area contributed by atoms with Crippen LogP contribution in [0.1, 0.15) is 27.2 Å². The van der Waals surface area contributed by atoms with Crippen molar-refractivity contribution in [1.82, 2.24) is 0 Å².